The molecule has 0 radical (unpaired) electrons. The number of amides is 1. The molecular weight excluding hydrogens is 224 g/mol. The smallest absolute Gasteiger partial charge is 0.223 e. The first-order chi connectivity index (χ1) is 8.47. The molecule has 1 fully saturated rings. The van der Waals surface area contributed by atoms with E-state index >= 15 is 0 Å². The van der Waals surface area contributed by atoms with E-state index in [1.165, 1.54) is 22.3 Å². The van der Waals surface area contributed by atoms with Crippen molar-refractivity contribution >= 4 is 5.91 Å². The highest BCUT2D eigenvalue weighted by Gasteiger charge is 2.31. The lowest BCUT2D eigenvalue weighted by Gasteiger charge is -2.31. The van der Waals surface area contributed by atoms with Gasteiger partial charge in [0, 0.05) is 18.5 Å². The van der Waals surface area contributed by atoms with Crippen LogP contribution in [0.4, 0.5) is 0 Å². The van der Waals surface area contributed by atoms with Crippen LogP contribution < -0.4 is 11.1 Å². The summed E-state index contributed by atoms with van der Waals surface area (Å²) in [6.45, 7) is 6.92. The molecule has 0 aliphatic heterocycles. The summed E-state index contributed by atoms with van der Waals surface area (Å²) in [6, 6.07) is 4.55. The van der Waals surface area contributed by atoms with Crippen LogP contribution in [0.25, 0.3) is 0 Å². The van der Waals surface area contributed by atoms with E-state index in [2.05, 4.69) is 38.2 Å². The third kappa shape index (κ3) is 2.72. The van der Waals surface area contributed by atoms with Crippen molar-refractivity contribution < 1.29 is 4.79 Å². The summed E-state index contributed by atoms with van der Waals surface area (Å²) in [6.07, 6.45) is 1.66. The molecule has 1 aromatic carbocycles. The molecule has 1 saturated carbocycles. The highest BCUT2D eigenvalue weighted by atomic mass is 16.1. The average Bonchev–Trinajstić information content (AvgIpc) is 2.23. The molecule has 1 aliphatic carbocycles. The lowest BCUT2D eigenvalue weighted by molar-refractivity contribution is -0.128. The second kappa shape index (κ2) is 5.11. The lowest BCUT2D eigenvalue weighted by atomic mass is 9.80. The topological polar surface area (TPSA) is 55.1 Å². The van der Waals surface area contributed by atoms with Gasteiger partial charge in [-0.2, -0.15) is 0 Å². The van der Waals surface area contributed by atoms with E-state index in [0.717, 1.165) is 12.8 Å². The highest BCUT2D eigenvalue weighted by Crippen LogP contribution is 2.25. The average molecular weight is 246 g/mol. The number of benzene rings is 1. The Morgan fingerprint density at radius 3 is 2.33 bits per heavy atom. The fourth-order valence-corrected chi connectivity index (χ4v) is 2.68. The molecule has 0 atom stereocenters. The van der Waals surface area contributed by atoms with Gasteiger partial charge >= 0.3 is 0 Å². The fraction of sp³-hybridized carbons (Fsp3) is 0.533. The molecule has 0 spiro atoms. The van der Waals surface area contributed by atoms with Crippen LogP contribution in [0.5, 0.6) is 0 Å². The quantitative estimate of drug-likeness (QED) is 0.856. The number of hydrogen-bond acceptors (Lipinski definition) is 2. The minimum atomic E-state index is 0.131. The monoisotopic (exact) mass is 246 g/mol. The third-order valence-electron chi connectivity index (χ3n) is 3.83. The molecule has 18 heavy (non-hydrogen) atoms. The minimum Gasteiger partial charge on any atom is -0.352 e. The van der Waals surface area contributed by atoms with Crippen LogP contribution >= 0.6 is 0 Å². The Morgan fingerprint density at radius 1 is 1.28 bits per heavy atom. The molecule has 1 aromatic rings. The fourth-order valence-electron chi connectivity index (χ4n) is 2.68. The Bertz CT molecular complexity index is 439. The van der Waals surface area contributed by atoms with Gasteiger partial charge in [0.1, 0.15) is 0 Å². The first-order valence-electron chi connectivity index (χ1n) is 6.57. The second-order valence-corrected chi connectivity index (χ2v) is 5.52. The summed E-state index contributed by atoms with van der Waals surface area (Å²) in [5, 5.41) is 3.03. The molecular formula is C15H22N2O. The molecule has 0 unspecified atom stereocenters. The summed E-state index contributed by atoms with van der Waals surface area (Å²) in [7, 11) is 0. The number of nitrogens with one attached hydrogen (secondary N) is 1. The van der Waals surface area contributed by atoms with Gasteiger partial charge in [-0.3, -0.25) is 4.79 Å². The summed E-state index contributed by atoms with van der Waals surface area (Å²) >= 11 is 0. The SMILES string of the molecule is Cc1cc(C)c(CNC(=O)C2CC(N)C2)c(C)c1. The molecule has 0 saturated heterocycles. The van der Waals surface area contributed by atoms with E-state index in [1.807, 2.05) is 0 Å². The van der Waals surface area contributed by atoms with Gasteiger partial charge in [0.25, 0.3) is 0 Å². The van der Waals surface area contributed by atoms with E-state index in [-0.39, 0.29) is 17.9 Å². The molecule has 98 valence electrons. The molecule has 0 aromatic heterocycles. The van der Waals surface area contributed by atoms with Gasteiger partial charge in [-0.25, -0.2) is 0 Å². The molecule has 3 nitrogen and oxygen atoms in total. The van der Waals surface area contributed by atoms with Crippen molar-refractivity contribution in [2.24, 2.45) is 11.7 Å². The van der Waals surface area contributed by atoms with Crippen LogP contribution in [-0.4, -0.2) is 11.9 Å². The van der Waals surface area contributed by atoms with E-state index in [0.29, 0.717) is 6.54 Å². The Labute approximate surface area is 109 Å². The minimum absolute atomic E-state index is 0.131. The Hall–Kier alpha value is -1.35. The zero-order valence-electron chi connectivity index (χ0n) is 11.4. The lowest BCUT2D eigenvalue weighted by Crippen LogP contribution is -2.44. The number of aryl methyl sites for hydroxylation is 3. The van der Waals surface area contributed by atoms with Crippen LogP contribution in [-0.2, 0) is 11.3 Å². The zero-order valence-corrected chi connectivity index (χ0v) is 11.4. The maximum atomic E-state index is 11.9. The number of carbonyl (C=O) groups excluding carboxylic acids is 1. The van der Waals surface area contributed by atoms with E-state index in [1.54, 1.807) is 0 Å². The van der Waals surface area contributed by atoms with Crippen molar-refractivity contribution in [3.05, 3.63) is 34.4 Å². The molecule has 0 heterocycles. The van der Waals surface area contributed by atoms with Crippen molar-refractivity contribution in [2.45, 2.75) is 46.2 Å². The number of nitrogens with two attached hydrogens (primary N) is 1. The summed E-state index contributed by atoms with van der Waals surface area (Å²) in [5.74, 6) is 0.280. The maximum absolute atomic E-state index is 11.9. The van der Waals surface area contributed by atoms with Crippen LogP contribution in [0, 0.1) is 26.7 Å². The molecule has 2 rings (SSSR count). The van der Waals surface area contributed by atoms with Gasteiger partial charge in [0.05, 0.1) is 0 Å². The standard InChI is InChI=1S/C15H22N2O/c1-9-4-10(2)14(11(3)5-9)8-17-15(18)12-6-13(16)7-12/h4-5,12-13H,6-8,16H2,1-3H3,(H,17,18). The van der Waals surface area contributed by atoms with Gasteiger partial charge in [-0.1, -0.05) is 17.7 Å². The Morgan fingerprint density at radius 2 is 1.83 bits per heavy atom. The first kappa shape index (κ1) is 13.1. The van der Waals surface area contributed by atoms with Gasteiger partial charge < -0.3 is 11.1 Å². The first-order valence-corrected chi connectivity index (χ1v) is 6.57. The number of carbonyl (C=O) groups is 1. The van der Waals surface area contributed by atoms with Gasteiger partial charge in [-0.05, 0) is 50.3 Å². The Kier molecular flexibility index (Phi) is 3.71. The van der Waals surface area contributed by atoms with Crippen molar-refractivity contribution in [1.82, 2.24) is 5.32 Å². The van der Waals surface area contributed by atoms with Crippen LogP contribution in [0.3, 0.4) is 0 Å². The summed E-state index contributed by atoms with van der Waals surface area (Å²) < 4.78 is 0. The van der Waals surface area contributed by atoms with Crippen molar-refractivity contribution in [3.63, 3.8) is 0 Å². The van der Waals surface area contributed by atoms with Gasteiger partial charge in [0.15, 0.2) is 0 Å². The molecule has 3 heteroatoms. The predicted octanol–water partition coefficient (Wildman–Crippen LogP) is 1.97. The van der Waals surface area contributed by atoms with Crippen LogP contribution in [0.15, 0.2) is 12.1 Å². The summed E-state index contributed by atoms with van der Waals surface area (Å²) in [4.78, 5) is 11.9. The molecule has 1 aliphatic rings. The maximum Gasteiger partial charge on any atom is 0.223 e. The third-order valence-corrected chi connectivity index (χ3v) is 3.83. The normalized spacial score (nSPS) is 22.4. The van der Waals surface area contributed by atoms with E-state index in [4.69, 9.17) is 5.73 Å². The van der Waals surface area contributed by atoms with Gasteiger partial charge in [0.2, 0.25) is 5.91 Å². The predicted molar refractivity (Wildman–Crippen MR) is 73.2 cm³/mol. The Balaban J connectivity index is 1.96. The molecule has 0 bridgehead atoms. The largest absolute Gasteiger partial charge is 0.352 e. The second-order valence-electron chi connectivity index (χ2n) is 5.52. The molecule has 1 amide bonds. The van der Waals surface area contributed by atoms with E-state index in [9.17, 15) is 4.79 Å². The summed E-state index contributed by atoms with van der Waals surface area (Å²) in [5.41, 5.74) is 10.7. The molecule has 3 N–H and O–H groups in total. The van der Waals surface area contributed by atoms with Crippen molar-refractivity contribution in [3.8, 4) is 0 Å². The zero-order chi connectivity index (χ0) is 13.3. The van der Waals surface area contributed by atoms with Gasteiger partial charge in [-0.15, -0.1) is 0 Å². The van der Waals surface area contributed by atoms with Crippen molar-refractivity contribution in [1.29, 1.82) is 0 Å². The number of hydrogen-bond donors (Lipinski definition) is 2. The number of rotatable bonds is 3. The van der Waals surface area contributed by atoms with Crippen LogP contribution in [0.2, 0.25) is 0 Å². The highest BCUT2D eigenvalue weighted by molar-refractivity contribution is 5.79. The van der Waals surface area contributed by atoms with Crippen LogP contribution in [0.1, 0.15) is 35.1 Å². The van der Waals surface area contributed by atoms with E-state index < -0.39 is 0 Å². The van der Waals surface area contributed by atoms with Crippen molar-refractivity contribution in [2.75, 3.05) is 0 Å².